The van der Waals surface area contributed by atoms with Crippen LogP contribution in [-0.2, 0) is 6.42 Å². The molecule has 0 bridgehead atoms. The summed E-state index contributed by atoms with van der Waals surface area (Å²) in [6.45, 7) is 4.66. The fourth-order valence-corrected chi connectivity index (χ4v) is 3.37. The Morgan fingerprint density at radius 1 is 1.07 bits per heavy atom. The first-order chi connectivity index (χ1) is 14.3. The highest BCUT2D eigenvalue weighted by Gasteiger charge is 2.20. The molecular weight excluding hydrogens is 491 g/mol. The molecule has 0 spiro atoms. The Balaban J connectivity index is 0.00000256. The summed E-state index contributed by atoms with van der Waals surface area (Å²) in [4.78, 5) is 9.20. The molecule has 3 aromatic rings. The fourth-order valence-electron chi connectivity index (χ4n) is 3.37. The number of fused-ring (bicyclic) bond motifs is 2. The molecule has 6 nitrogen and oxygen atoms in total. The van der Waals surface area contributed by atoms with Gasteiger partial charge in [0.25, 0.3) is 0 Å². The molecule has 0 aliphatic carbocycles. The molecule has 1 unspecified atom stereocenters. The Bertz CT molecular complexity index is 990. The highest BCUT2D eigenvalue weighted by atomic mass is 127. The molecule has 30 heavy (non-hydrogen) atoms. The predicted octanol–water partition coefficient (Wildman–Crippen LogP) is 3.79. The van der Waals surface area contributed by atoms with Gasteiger partial charge in [0, 0.05) is 24.7 Å². The molecule has 1 aromatic heterocycles. The summed E-state index contributed by atoms with van der Waals surface area (Å²) in [6.07, 6.45) is 2.62. The van der Waals surface area contributed by atoms with Gasteiger partial charge in [0.15, 0.2) is 23.6 Å². The number of guanidine groups is 1. The van der Waals surface area contributed by atoms with Crippen molar-refractivity contribution in [3.05, 3.63) is 66.4 Å². The third kappa shape index (κ3) is 5.53. The zero-order valence-corrected chi connectivity index (χ0v) is 19.3. The summed E-state index contributed by atoms with van der Waals surface area (Å²) >= 11 is 0. The molecule has 4 rings (SSSR count). The van der Waals surface area contributed by atoms with Crippen molar-refractivity contribution < 1.29 is 9.47 Å². The molecule has 0 amide bonds. The van der Waals surface area contributed by atoms with E-state index in [1.165, 1.54) is 10.9 Å². The largest absolute Gasteiger partial charge is 0.486 e. The number of ether oxygens (including phenoxy) is 2. The van der Waals surface area contributed by atoms with E-state index in [0.717, 1.165) is 42.5 Å². The van der Waals surface area contributed by atoms with Crippen LogP contribution in [0.15, 0.2) is 65.8 Å². The predicted molar refractivity (Wildman–Crippen MR) is 131 cm³/mol. The van der Waals surface area contributed by atoms with Crippen molar-refractivity contribution in [2.45, 2.75) is 19.4 Å². The van der Waals surface area contributed by atoms with Crippen LogP contribution in [0.3, 0.4) is 0 Å². The van der Waals surface area contributed by atoms with E-state index in [4.69, 9.17) is 9.47 Å². The molecule has 7 heteroatoms. The minimum Gasteiger partial charge on any atom is -0.486 e. The van der Waals surface area contributed by atoms with Crippen molar-refractivity contribution in [1.82, 2.24) is 15.6 Å². The number of benzene rings is 2. The summed E-state index contributed by atoms with van der Waals surface area (Å²) in [5.74, 6) is 2.35. The van der Waals surface area contributed by atoms with E-state index < -0.39 is 0 Å². The number of nitrogens with one attached hydrogen (secondary N) is 2. The van der Waals surface area contributed by atoms with E-state index in [-0.39, 0.29) is 30.1 Å². The van der Waals surface area contributed by atoms with Gasteiger partial charge in [-0.3, -0.25) is 4.98 Å². The van der Waals surface area contributed by atoms with Crippen LogP contribution in [0.25, 0.3) is 10.9 Å². The van der Waals surface area contributed by atoms with Crippen molar-refractivity contribution in [2.24, 2.45) is 4.99 Å². The number of aromatic nitrogens is 1. The van der Waals surface area contributed by atoms with E-state index in [0.29, 0.717) is 13.2 Å². The lowest BCUT2D eigenvalue weighted by Crippen LogP contribution is -2.40. The summed E-state index contributed by atoms with van der Waals surface area (Å²) in [7, 11) is 0. The second-order valence-corrected chi connectivity index (χ2v) is 6.89. The molecule has 0 saturated heterocycles. The normalized spacial score (nSPS) is 15.4. The molecule has 1 aliphatic rings. The highest BCUT2D eigenvalue weighted by Crippen LogP contribution is 2.30. The molecule has 0 saturated carbocycles. The number of halogens is 1. The Morgan fingerprint density at radius 3 is 2.77 bits per heavy atom. The lowest BCUT2D eigenvalue weighted by atomic mass is 10.1. The van der Waals surface area contributed by atoms with Crippen LogP contribution in [0, 0.1) is 0 Å². The van der Waals surface area contributed by atoms with Crippen molar-refractivity contribution in [3.63, 3.8) is 0 Å². The summed E-state index contributed by atoms with van der Waals surface area (Å²) in [5.41, 5.74) is 2.29. The van der Waals surface area contributed by atoms with Gasteiger partial charge < -0.3 is 20.1 Å². The third-order valence-electron chi connectivity index (χ3n) is 4.77. The number of aliphatic imine (C=N–C) groups is 1. The van der Waals surface area contributed by atoms with Crippen LogP contribution in [0.1, 0.15) is 12.5 Å². The van der Waals surface area contributed by atoms with Crippen molar-refractivity contribution in [1.29, 1.82) is 0 Å². The Morgan fingerprint density at radius 2 is 1.90 bits per heavy atom. The van der Waals surface area contributed by atoms with Crippen LogP contribution < -0.4 is 20.1 Å². The van der Waals surface area contributed by atoms with Gasteiger partial charge in [-0.25, -0.2) is 4.99 Å². The van der Waals surface area contributed by atoms with E-state index >= 15 is 0 Å². The van der Waals surface area contributed by atoms with E-state index in [1.54, 1.807) is 0 Å². The van der Waals surface area contributed by atoms with Gasteiger partial charge in [0.1, 0.15) is 6.61 Å². The molecule has 0 radical (unpaired) electrons. The van der Waals surface area contributed by atoms with Gasteiger partial charge in [-0.1, -0.05) is 36.4 Å². The maximum Gasteiger partial charge on any atom is 0.191 e. The standard InChI is InChI=1S/C23H26N4O2.HI/c1-2-24-23(27-15-19-16-28-20-10-3-4-11-21(20)29-19)26-14-12-18-8-5-7-17-9-6-13-25-22(17)18;/h3-11,13,19H,2,12,14-16H2,1H3,(H2,24,26,27);1H. The van der Waals surface area contributed by atoms with E-state index in [2.05, 4.69) is 51.8 Å². The summed E-state index contributed by atoms with van der Waals surface area (Å²) in [5, 5.41) is 7.87. The summed E-state index contributed by atoms with van der Waals surface area (Å²) in [6, 6.07) is 18.1. The topological polar surface area (TPSA) is 67.8 Å². The van der Waals surface area contributed by atoms with E-state index in [1.807, 2.05) is 36.5 Å². The monoisotopic (exact) mass is 518 g/mol. The van der Waals surface area contributed by atoms with Crippen LogP contribution in [0.5, 0.6) is 11.5 Å². The lowest BCUT2D eigenvalue weighted by Gasteiger charge is -2.25. The number of hydrogen-bond acceptors (Lipinski definition) is 4. The first-order valence-electron chi connectivity index (χ1n) is 10.1. The van der Waals surface area contributed by atoms with Gasteiger partial charge in [-0.05, 0) is 37.1 Å². The summed E-state index contributed by atoms with van der Waals surface area (Å²) < 4.78 is 11.8. The van der Waals surface area contributed by atoms with Crippen molar-refractivity contribution >= 4 is 40.8 Å². The van der Waals surface area contributed by atoms with Gasteiger partial charge in [0.2, 0.25) is 0 Å². The van der Waals surface area contributed by atoms with Gasteiger partial charge in [-0.2, -0.15) is 0 Å². The van der Waals surface area contributed by atoms with Gasteiger partial charge in [-0.15, -0.1) is 24.0 Å². The van der Waals surface area contributed by atoms with Gasteiger partial charge in [0.05, 0.1) is 12.1 Å². The average Bonchev–Trinajstić information content (AvgIpc) is 2.77. The highest BCUT2D eigenvalue weighted by molar-refractivity contribution is 14.0. The third-order valence-corrected chi connectivity index (χ3v) is 4.77. The van der Waals surface area contributed by atoms with Crippen LogP contribution >= 0.6 is 24.0 Å². The maximum absolute atomic E-state index is 5.99. The van der Waals surface area contributed by atoms with Crippen molar-refractivity contribution in [2.75, 3.05) is 26.2 Å². The molecule has 2 heterocycles. The number of hydrogen-bond donors (Lipinski definition) is 2. The number of para-hydroxylation sites is 3. The average molecular weight is 518 g/mol. The molecule has 2 N–H and O–H groups in total. The quantitative estimate of drug-likeness (QED) is 0.296. The van der Waals surface area contributed by atoms with Crippen molar-refractivity contribution in [3.8, 4) is 11.5 Å². The maximum atomic E-state index is 5.99. The Hall–Kier alpha value is -2.55. The number of nitrogens with zero attached hydrogens (tertiary/aromatic N) is 2. The minimum atomic E-state index is -0.0948. The first kappa shape index (κ1) is 22.1. The number of pyridine rings is 1. The minimum absolute atomic E-state index is 0. The van der Waals surface area contributed by atoms with Crippen LogP contribution in [-0.4, -0.2) is 43.3 Å². The first-order valence-corrected chi connectivity index (χ1v) is 10.1. The number of rotatable bonds is 6. The van der Waals surface area contributed by atoms with Crippen LogP contribution in [0.4, 0.5) is 0 Å². The van der Waals surface area contributed by atoms with Gasteiger partial charge >= 0.3 is 0 Å². The second-order valence-electron chi connectivity index (χ2n) is 6.89. The Kier molecular flexibility index (Phi) is 8.12. The molecule has 0 fully saturated rings. The molecule has 2 aromatic carbocycles. The van der Waals surface area contributed by atoms with E-state index in [9.17, 15) is 0 Å². The molecule has 1 atom stereocenters. The fraction of sp³-hybridized carbons (Fsp3) is 0.304. The molecule has 158 valence electrons. The zero-order valence-electron chi connectivity index (χ0n) is 17.0. The molecule has 1 aliphatic heterocycles. The smallest absolute Gasteiger partial charge is 0.191 e. The lowest BCUT2D eigenvalue weighted by molar-refractivity contribution is 0.0971. The molecular formula is C23H27IN4O2. The zero-order chi connectivity index (χ0) is 19.9. The SMILES string of the molecule is CCNC(=NCC1COc2ccccc2O1)NCCc1cccc2cccnc12.I. The second kappa shape index (κ2) is 11.0. The van der Waals surface area contributed by atoms with Crippen LogP contribution in [0.2, 0.25) is 0 Å². The Labute approximate surface area is 194 Å².